The summed E-state index contributed by atoms with van der Waals surface area (Å²) in [5, 5.41) is 2.92. The minimum absolute atomic E-state index is 0.405. The van der Waals surface area contributed by atoms with E-state index >= 15 is 0 Å². The van der Waals surface area contributed by atoms with Crippen molar-refractivity contribution in [2.24, 2.45) is 0 Å². The maximum absolute atomic E-state index is 12.3. The van der Waals surface area contributed by atoms with Gasteiger partial charge in [-0.1, -0.05) is 78.9 Å². The van der Waals surface area contributed by atoms with Crippen LogP contribution in [0.25, 0.3) is 11.1 Å². The molecule has 35 heavy (non-hydrogen) atoms. The molecular formula is C30H30N2O3. The van der Waals surface area contributed by atoms with Crippen LogP contribution in [-0.2, 0) is 23.3 Å². The number of hydrogen-bond acceptors (Lipinski definition) is 4. The van der Waals surface area contributed by atoms with Gasteiger partial charge in [-0.05, 0) is 60.2 Å². The highest BCUT2D eigenvalue weighted by atomic mass is 16.6. The lowest BCUT2D eigenvalue weighted by molar-refractivity contribution is 0.124. The second-order valence-electron chi connectivity index (χ2n) is 8.89. The van der Waals surface area contributed by atoms with Gasteiger partial charge >= 0.3 is 6.09 Å². The first-order valence-electron chi connectivity index (χ1n) is 11.7. The van der Waals surface area contributed by atoms with Crippen LogP contribution >= 0.6 is 0 Å². The van der Waals surface area contributed by atoms with Crippen molar-refractivity contribution < 1.29 is 14.3 Å². The van der Waals surface area contributed by atoms with Gasteiger partial charge < -0.3 is 14.8 Å². The molecule has 4 rings (SSSR count). The highest BCUT2D eigenvalue weighted by Gasteiger charge is 2.24. The van der Waals surface area contributed by atoms with Gasteiger partial charge in [0.05, 0.1) is 24.9 Å². The van der Waals surface area contributed by atoms with Crippen LogP contribution in [0.4, 0.5) is 4.79 Å². The van der Waals surface area contributed by atoms with Crippen molar-refractivity contribution in [1.29, 1.82) is 0 Å². The van der Waals surface area contributed by atoms with Gasteiger partial charge in [0.2, 0.25) is 0 Å². The average molecular weight is 467 g/mol. The molecule has 4 aromatic rings. The van der Waals surface area contributed by atoms with Gasteiger partial charge in [-0.25, -0.2) is 4.79 Å². The molecule has 178 valence electrons. The zero-order chi connectivity index (χ0) is 24.5. The van der Waals surface area contributed by atoms with Crippen molar-refractivity contribution in [3.63, 3.8) is 0 Å². The van der Waals surface area contributed by atoms with Crippen molar-refractivity contribution in [1.82, 2.24) is 10.3 Å². The quantitative estimate of drug-likeness (QED) is 0.285. The number of nitrogens with one attached hydrogen (secondary N) is 1. The minimum atomic E-state index is -0.596. The highest BCUT2D eigenvalue weighted by molar-refractivity contribution is 5.71. The predicted molar refractivity (Wildman–Crippen MR) is 138 cm³/mol. The van der Waals surface area contributed by atoms with Crippen molar-refractivity contribution in [3.05, 3.63) is 120 Å². The molecule has 5 heteroatoms. The Kier molecular flexibility index (Phi) is 7.91. The van der Waals surface area contributed by atoms with Crippen LogP contribution in [0, 0.1) is 0 Å². The molecular weight excluding hydrogens is 436 g/mol. The number of aromatic nitrogens is 1. The van der Waals surface area contributed by atoms with Gasteiger partial charge in [0.15, 0.2) is 5.75 Å². The lowest BCUT2D eigenvalue weighted by Crippen LogP contribution is -2.42. The summed E-state index contributed by atoms with van der Waals surface area (Å²) in [6.07, 6.45) is 3.49. The first-order valence-corrected chi connectivity index (χ1v) is 11.7. The van der Waals surface area contributed by atoms with Gasteiger partial charge in [-0.15, -0.1) is 0 Å². The summed E-state index contributed by atoms with van der Waals surface area (Å²) in [6.45, 7) is 5.22. The Morgan fingerprint density at radius 2 is 1.51 bits per heavy atom. The largest absolute Gasteiger partial charge is 0.413 e. The van der Waals surface area contributed by atoms with E-state index in [0.29, 0.717) is 19.0 Å². The molecule has 0 saturated heterocycles. The fourth-order valence-corrected chi connectivity index (χ4v) is 3.76. The number of rotatable bonds is 9. The van der Waals surface area contributed by atoms with Crippen LogP contribution in [0.1, 0.15) is 30.5 Å². The summed E-state index contributed by atoms with van der Waals surface area (Å²) in [6, 6.07) is 30.4. The maximum atomic E-state index is 12.3. The molecule has 0 fully saturated rings. The highest BCUT2D eigenvalue weighted by Crippen LogP contribution is 2.26. The van der Waals surface area contributed by atoms with Gasteiger partial charge in [0.25, 0.3) is 0 Å². The molecule has 1 aromatic heterocycles. The zero-order valence-electron chi connectivity index (χ0n) is 20.1. The van der Waals surface area contributed by atoms with Gasteiger partial charge in [-0.2, -0.15) is 0 Å². The molecule has 1 N–H and O–H groups in total. The molecule has 1 heterocycles. The molecule has 0 aliphatic carbocycles. The van der Waals surface area contributed by atoms with E-state index in [1.165, 1.54) is 17.3 Å². The molecule has 0 unspecified atom stereocenters. The normalized spacial score (nSPS) is 11.1. The fraction of sp³-hybridized carbons (Fsp3) is 0.200. The number of hydrogen-bond donors (Lipinski definition) is 1. The molecule has 0 bridgehead atoms. The van der Waals surface area contributed by atoms with Crippen LogP contribution in [0.15, 0.2) is 103 Å². The lowest BCUT2D eigenvalue weighted by Gasteiger charge is -2.26. The Bertz CT molecular complexity index is 1210. The molecule has 0 spiro atoms. The molecule has 1 amide bonds. The van der Waals surface area contributed by atoms with E-state index in [0.717, 1.165) is 23.1 Å². The third-order valence-electron chi connectivity index (χ3n) is 5.80. The fourth-order valence-electron chi connectivity index (χ4n) is 3.76. The molecule has 0 atom stereocenters. The number of ether oxygens (including phenoxy) is 2. The molecule has 5 nitrogen and oxygen atoms in total. The molecule has 3 aromatic carbocycles. The number of nitrogens with zero attached hydrogens (tertiary/aromatic N) is 1. The van der Waals surface area contributed by atoms with E-state index in [9.17, 15) is 4.79 Å². The molecule has 0 radical (unpaired) electrons. The zero-order valence-corrected chi connectivity index (χ0v) is 20.1. The van der Waals surface area contributed by atoms with E-state index < -0.39 is 11.6 Å². The molecule has 0 aliphatic rings. The number of amides is 1. The summed E-state index contributed by atoms with van der Waals surface area (Å²) in [5.41, 5.74) is 5.09. The van der Waals surface area contributed by atoms with Gasteiger partial charge in [0.1, 0.15) is 0 Å². The van der Waals surface area contributed by atoms with E-state index in [1.807, 2.05) is 44.2 Å². The first kappa shape index (κ1) is 24.2. The van der Waals surface area contributed by atoms with Crippen molar-refractivity contribution in [3.8, 4) is 16.9 Å². The van der Waals surface area contributed by atoms with Gasteiger partial charge in [0, 0.05) is 6.20 Å². The topological polar surface area (TPSA) is 60.5 Å². The van der Waals surface area contributed by atoms with Crippen LogP contribution in [0.5, 0.6) is 5.75 Å². The Morgan fingerprint density at radius 1 is 0.829 bits per heavy atom. The third-order valence-corrected chi connectivity index (χ3v) is 5.80. The van der Waals surface area contributed by atoms with Crippen molar-refractivity contribution in [2.75, 3.05) is 6.61 Å². The van der Waals surface area contributed by atoms with Crippen LogP contribution < -0.4 is 10.1 Å². The van der Waals surface area contributed by atoms with Crippen molar-refractivity contribution >= 4 is 6.09 Å². The summed E-state index contributed by atoms with van der Waals surface area (Å²) >= 11 is 0. The third kappa shape index (κ3) is 7.01. The van der Waals surface area contributed by atoms with E-state index in [1.54, 1.807) is 18.3 Å². The lowest BCUT2D eigenvalue weighted by atomic mass is 9.92. The average Bonchev–Trinajstić information content (AvgIpc) is 2.88. The Balaban J connectivity index is 1.30. The Morgan fingerprint density at radius 3 is 2.17 bits per heavy atom. The Hall–Kier alpha value is -3.96. The monoisotopic (exact) mass is 466 g/mol. The van der Waals surface area contributed by atoms with E-state index in [-0.39, 0.29) is 0 Å². The van der Waals surface area contributed by atoms with E-state index in [2.05, 4.69) is 58.8 Å². The number of benzene rings is 3. The maximum Gasteiger partial charge on any atom is 0.413 e. The first-order chi connectivity index (χ1) is 17.0. The van der Waals surface area contributed by atoms with Crippen LogP contribution in [0.3, 0.4) is 0 Å². The summed E-state index contributed by atoms with van der Waals surface area (Å²) in [5.74, 6) is 0.405. The second-order valence-corrected chi connectivity index (χ2v) is 8.89. The smallest absolute Gasteiger partial charge is 0.409 e. The number of carbonyl (C=O) groups is 1. The summed E-state index contributed by atoms with van der Waals surface area (Å²) in [4.78, 5) is 16.3. The van der Waals surface area contributed by atoms with Gasteiger partial charge in [-0.3, -0.25) is 4.98 Å². The van der Waals surface area contributed by atoms with Crippen LogP contribution in [-0.4, -0.2) is 17.7 Å². The predicted octanol–water partition coefficient (Wildman–Crippen LogP) is 6.53. The number of carbonyl (C=O) groups excluding carboxylic acids is 1. The Labute approximate surface area is 206 Å². The SMILES string of the molecule is CC(C)(NC(=O)Oc1cccnc1)c1ccc(-c2ccc(CCOCc3ccccc3)cc2)cc1. The van der Waals surface area contributed by atoms with Crippen molar-refractivity contribution in [2.45, 2.75) is 32.4 Å². The number of pyridine rings is 1. The standard InChI is InChI=1S/C30H30N2O3/c1-30(2,32-29(33)35-28-9-6-19-31-21-28)27-16-14-26(15-17-27)25-12-10-23(11-13-25)18-20-34-22-24-7-4-3-5-8-24/h3-17,19,21H,18,20,22H2,1-2H3,(H,32,33). The molecule has 0 aliphatic heterocycles. The summed E-state index contributed by atoms with van der Waals surface area (Å²) < 4.78 is 11.1. The summed E-state index contributed by atoms with van der Waals surface area (Å²) in [7, 11) is 0. The van der Waals surface area contributed by atoms with Crippen LogP contribution in [0.2, 0.25) is 0 Å². The second kappa shape index (κ2) is 11.4. The molecule has 0 saturated carbocycles. The minimum Gasteiger partial charge on any atom is -0.409 e. The van der Waals surface area contributed by atoms with E-state index in [4.69, 9.17) is 9.47 Å².